The van der Waals surface area contributed by atoms with Gasteiger partial charge < -0.3 is 19.5 Å². The number of carbonyl (C=O) groups excluding carboxylic acids is 1. The zero-order chi connectivity index (χ0) is 23.1. The molecule has 176 valence electrons. The number of nitrogens with zero attached hydrogens (tertiary/aromatic N) is 4. The molecule has 10 nitrogen and oxygen atoms in total. The molecular formula is C22H33N5O5. The van der Waals surface area contributed by atoms with Gasteiger partial charge in [0.05, 0.1) is 39.6 Å². The number of methoxy groups -OCH3 is 3. The van der Waals surface area contributed by atoms with E-state index >= 15 is 0 Å². The van der Waals surface area contributed by atoms with Crippen molar-refractivity contribution in [3.8, 4) is 11.5 Å². The van der Waals surface area contributed by atoms with E-state index in [1.807, 2.05) is 6.92 Å². The van der Waals surface area contributed by atoms with Gasteiger partial charge >= 0.3 is 5.69 Å². The Kier molecular flexibility index (Phi) is 8.29. The van der Waals surface area contributed by atoms with Gasteiger partial charge in [0, 0.05) is 25.6 Å². The van der Waals surface area contributed by atoms with E-state index in [1.54, 1.807) is 44.1 Å². The second kappa shape index (κ2) is 11.1. The molecule has 10 heteroatoms. The topological polar surface area (TPSA) is 99.9 Å². The molecule has 1 fully saturated rings. The lowest BCUT2D eigenvalue weighted by Gasteiger charge is -2.31. The van der Waals surface area contributed by atoms with Crippen LogP contribution in [0.5, 0.6) is 11.5 Å². The number of nitrogens with one attached hydrogen (secondary N) is 1. The second-order valence-electron chi connectivity index (χ2n) is 7.77. The minimum absolute atomic E-state index is 0.0893. The van der Waals surface area contributed by atoms with E-state index in [1.165, 1.54) is 4.68 Å². The van der Waals surface area contributed by atoms with Crippen LogP contribution >= 0.6 is 0 Å². The number of amides is 1. The van der Waals surface area contributed by atoms with Gasteiger partial charge in [-0.25, -0.2) is 9.48 Å². The lowest BCUT2D eigenvalue weighted by Crippen LogP contribution is -2.39. The number of hydrogen-bond donors (Lipinski definition) is 1. The number of aromatic nitrogens is 3. The quantitative estimate of drug-likeness (QED) is 0.590. The van der Waals surface area contributed by atoms with Crippen molar-refractivity contribution in [2.75, 3.05) is 52.9 Å². The molecule has 0 bridgehead atoms. The van der Waals surface area contributed by atoms with Crippen molar-refractivity contribution >= 4 is 11.6 Å². The maximum atomic E-state index is 12.6. The number of ether oxygens (including phenoxy) is 3. The number of benzene rings is 1. The smallest absolute Gasteiger partial charge is 0.345 e. The summed E-state index contributed by atoms with van der Waals surface area (Å²) in [6.45, 7) is 5.25. The molecule has 3 rings (SSSR count). The molecule has 2 heterocycles. The molecule has 1 saturated heterocycles. The number of rotatable bonds is 10. The standard InChI is InChI=1S/C22H33N5O5/c1-5-26-21(24-27(22(26)29)12-13-30-2)16-8-10-25(11-9-16)15-20(28)23-18-14-17(31-3)6-7-19(18)32-4/h6-7,14,16H,5,8-13,15H2,1-4H3,(H,23,28). The van der Waals surface area contributed by atoms with Crippen LogP contribution in [0, 0.1) is 0 Å². The Bertz CT molecular complexity index is 962. The Hall–Kier alpha value is -2.85. The first kappa shape index (κ1) is 23.8. The summed E-state index contributed by atoms with van der Waals surface area (Å²) in [4.78, 5) is 27.3. The van der Waals surface area contributed by atoms with Gasteiger partial charge in [-0.2, -0.15) is 5.10 Å². The van der Waals surface area contributed by atoms with Crippen molar-refractivity contribution in [2.45, 2.75) is 38.8 Å². The molecule has 0 atom stereocenters. The van der Waals surface area contributed by atoms with Crippen molar-refractivity contribution in [1.82, 2.24) is 19.2 Å². The highest BCUT2D eigenvalue weighted by Gasteiger charge is 2.27. The van der Waals surface area contributed by atoms with Gasteiger partial charge in [0.25, 0.3) is 0 Å². The summed E-state index contributed by atoms with van der Waals surface area (Å²) >= 11 is 0. The molecule has 1 aliphatic heterocycles. The Morgan fingerprint density at radius 3 is 2.56 bits per heavy atom. The molecule has 0 aliphatic carbocycles. The molecule has 0 radical (unpaired) electrons. The third-order valence-corrected chi connectivity index (χ3v) is 5.78. The first-order valence-electron chi connectivity index (χ1n) is 10.9. The number of anilines is 1. The lowest BCUT2D eigenvalue weighted by atomic mass is 9.96. The molecule has 1 aromatic carbocycles. The molecular weight excluding hydrogens is 414 g/mol. The molecule has 1 aliphatic rings. The highest BCUT2D eigenvalue weighted by Crippen LogP contribution is 2.29. The maximum absolute atomic E-state index is 12.6. The predicted molar refractivity (Wildman–Crippen MR) is 121 cm³/mol. The van der Waals surface area contributed by atoms with Gasteiger partial charge in [-0.1, -0.05) is 0 Å². The van der Waals surface area contributed by atoms with Gasteiger partial charge in [-0.05, 0) is 45.0 Å². The molecule has 0 saturated carbocycles. The predicted octanol–water partition coefficient (Wildman–Crippen LogP) is 1.55. The summed E-state index contributed by atoms with van der Waals surface area (Å²) in [5.74, 6) is 2.15. The van der Waals surface area contributed by atoms with E-state index in [4.69, 9.17) is 14.2 Å². The summed E-state index contributed by atoms with van der Waals surface area (Å²) in [5, 5.41) is 7.50. The number of piperidine rings is 1. The third-order valence-electron chi connectivity index (χ3n) is 5.78. The SMILES string of the molecule is CCn1c(C2CCN(CC(=O)Nc3cc(OC)ccc3OC)CC2)nn(CCOC)c1=O. The average molecular weight is 448 g/mol. The van der Waals surface area contributed by atoms with Crippen LogP contribution in [0.3, 0.4) is 0 Å². The lowest BCUT2D eigenvalue weighted by molar-refractivity contribution is -0.117. The fourth-order valence-electron chi connectivity index (χ4n) is 4.03. The Balaban J connectivity index is 1.59. The maximum Gasteiger partial charge on any atom is 0.345 e. The summed E-state index contributed by atoms with van der Waals surface area (Å²) in [6, 6.07) is 5.29. The zero-order valence-electron chi connectivity index (χ0n) is 19.3. The van der Waals surface area contributed by atoms with Gasteiger partial charge in [0.15, 0.2) is 0 Å². The molecule has 2 aromatic rings. The van der Waals surface area contributed by atoms with Gasteiger partial charge in [0.1, 0.15) is 17.3 Å². The minimum atomic E-state index is -0.107. The Morgan fingerprint density at radius 1 is 1.19 bits per heavy atom. The summed E-state index contributed by atoms with van der Waals surface area (Å²) in [6.07, 6.45) is 1.69. The molecule has 0 unspecified atom stereocenters. The Morgan fingerprint density at radius 2 is 1.94 bits per heavy atom. The Labute approximate surface area is 188 Å². The fraction of sp³-hybridized carbons (Fsp3) is 0.591. The minimum Gasteiger partial charge on any atom is -0.497 e. The normalized spacial score (nSPS) is 15.0. The van der Waals surface area contributed by atoms with Crippen molar-refractivity contribution < 1.29 is 19.0 Å². The van der Waals surface area contributed by atoms with Crippen LogP contribution in [0.15, 0.2) is 23.0 Å². The van der Waals surface area contributed by atoms with E-state index in [0.29, 0.717) is 36.9 Å². The van der Waals surface area contributed by atoms with Gasteiger partial charge in [-0.3, -0.25) is 14.3 Å². The molecule has 32 heavy (non-hydrogen) atoms. The first-order chi connectivity index (χ1) is 15.5. The number of likely N-dealkylation sites (tertiary alicyclic amines) is 1. The molecule has 1 N–H and O–H groups in total. The zero-order valence-corrected chi connectivity index (χ0v) is 19.3. The highest BCUT2D eigenvalue weighted by molar-refractivity contribution is 5.94. The summed E-state index contributed by atoms with van der Waals surface area (Å²) in [5.41, 5.74) is 0.494. The van der Waals surface area contributed by atoms with Crippen molar-refractivity contribution in [2.24, 2.45) is 0 Å². The van der Waals surface area contributed by atoms with Crippen LogP contribution in [0.4, 0.5) is 5.69 Å². The van der Waals surface area contributed by atoms with Crippen LogP contribution in [-0.2, 0) is 22.6 Å². The van der Waals surface area contributed by atoms with E-state index in [2.05, 4.69) is 15.3 Å². The number of hydrogen-bond acceptors (Lipinski definition) is 7. The van der Waals surface area contributed by atoms with Crippen LogP contribution < -0.4 is 20.5 Å². The highest BCUT2D eigenvalue weighted by atomic mass is 16.5. The van der Waals surface area contributed by atoms with E-state index < -0.39 is 0 Å². The average Bonchev–Trinajstić information content (AvgIpc) is 3.13. The summed E-state index contributed by atoms with van der Waals surface area (Å²) in [7, 11) is 4.75. The van der Waals surface area contributed by atoms with E-state index in [-0.39, 0.29) is 24.1 Å². The van der Waals surface area contributed by atoms with E-state index in [9.17, 15) is 9.59 Å². The van der Waals surface area contributed by atoms with Crippen LogP contribution in [-0.4, -0.2) is 72.7 Å². The van der Waals surface area contributed by atoms with Crippen LogP contribution in [0.2, 0.25) is 0 Å². The van der Waals surface area contributed by atoms with Gasteiger partial charge in [0.2, 0.25) is 5.91 Å². The summed E-state index contributed by atoms with van der Waals surface area (Å²) < 4.78 is 18.9. The van der Waals surface area contributed by atoms with Crippen molar-refractivity contribution in [1.29, 1.82) is 0 Å². The second-order valence-corrected chi connectivity index (χ2v) is 7.77. The fourth-order valence-corrected chi connectivity index (χ4v) is 4.03. The monoisotopic (exact) mass is 447 g/mol. The number of carbonyl (C=O) groups is 1. The first-order valence-corrected chi connectivity index (χ1v) is 10.9. The van der Waals surface area contributed by atoms with Crippen molar-refractivity contribution in [3.05, 3.63) is 34.5 Å². The van der Waals surface area contributed by atoms with Crippen molar-refractivity contribution in [3.63, 3.8) is 0 Å². The van der Waals surface area contributed by atoms with E-state index in [0.717, 1.165) is 31.8 Å². The molecule has 1 aromatic heterocycles. The van der Waals surface area contributed by atoms with Crippen LogP contribution in [0.25, 0.3) is 0 Å². The van der Waals surface area contributed by atoms with Gasteiger partial charge in [-0.15, -0.1) is 0 Å². The molecule has 1 amide bonds. The third kappa shape index (κ3) is 5.49. The molecule has 0 spiro atoms. The van der Waals surface area contributed by atoms with Crippen LogP contribution in [0.1, 0.15) is 31.5 Å². The largest absolute Gasteiger partial charge is 0.497 e.